The Balaban J connectivity index is 2.75. The van der Waals surface area contributed by atoms with Gasteiger partial charge in [-0.15, -0.1) is 0 Å². The average molecular weight is 198 g/mol. The molecule has 76 valence electrons. The minimum atomic E-state index is 0.491. The fraction of sp³-hybridized carbons (Fsp3) is 0.308. The zero-order valence-corrected chi connectivity index (χ0v) is 9.12. The van der Waals surface area contributed by atoms with E-state index in [-0.39, 0.29) is 0 Å². The third-order valence-corrected chi connectivity index (χ3v) is 2.82. The van der Waals surface area contributed by atoms with Crippen molar-refractivity contribution in [1.82, 2.24) is 4.57 Å². The predicted molar refractivity (Wildman–Crippen MR) is 61.6 cm³/mol. The van der Waals surface area contributed by atoms with Crippen molar-refractivity contribution in [1.29, 1.82) is 5.26 Å². The van der Waals surface area contributed by atoms with Crippen molar-refractivity contribution >= 4 is 10.9 Å². The summed E-state index contributed by atoms with van der Waals surface area (Å²) in [4.78, 5) is 0. The summed E-state index contributed by atoms with van der Waals surface area (Å²) in [5.74, 6) is 0. The van der Waals surface area contributed by atoms with Gasteiger partial charge in [-0.25, -0.2) is 0 Å². The van der Waals surface area contributed by atoms with Crippen LogP contribution >= 0.6 is 0 Å². The summed E-state index contributed by atoms with van der Waals surface area (Å²) in [6.07, 6.45) is 3.58. The minimum absolute atomic E-state index is 0.491. The van der Waals surface area contributed by atoms with Crippen molar-refractivity contribution in [2.45, 2.75) is 19.8 Å². The Hall–Kier alpha value is -1.75. The lowest BCUT2D eigenvalue weighted by Crippen LogP contribution is -1.89. The SMILES string of the molecule is CCc1cccc2c(CC#N)cn(C)c12. The Morgan fingerprint density at radius 1 is 1.33 bits per heavy atom. The minimum Gasteiger partial charge on any atom is -0.350 e. The van der Waals surface area contributed by atoms with E-state index in [1.807, 2.05) is 7.05 Å². The van der Waals surface area contributed by atoms with Crippen molar-refractivity contribution in [3.63, 3.8) is 0 Å². The molecule has 1 heterocycles. The number of benzene rings is 1. The van der Waals surface area contributed by atoms with Crippen LogP contribution in [0.15, 0.2) is 24.4 Å². The van der Waals surface area contributed by atoms with Crippen molar-refractivity contribution in [2.24, 2.45) is 7.05 Å². The van der Waals surface area contributed by atoms with Gasteiger partial charge in [-0.3, -0.25) is 0 Å². The third-order valence-electron chi connectivity index (χ3n) is 2.82. The van der Waals surface area contributed by atoms with Gasteiger partial charge < -0.3 is 4.57 Å². The molecule has 0 unspecified atom stereocenters. The highest BCUT2D eigenvalue weighted by atomic mass is 14.9. The molecule has 0 spiro atoms. The van der Waals surface area contributed by atoms with Crippen LogP contribution in [0.5, 0.6) is 0 Å². The molecule has 2 aromatic rings. The van der Waals surface area contributed by atoms with Gasteiger partial charge in [0.05, 0.1) is 18.0 Å². The zero-order valence-electron chi connectivity index (χ0n) is 9.12. The molecule has 0 saturated heterocycles. The summed E-state index contributed by atoms with van der Waals surface area (Å²) in [5.41, 5.74) is 3.75. The molecule has 2 rings (SSSR count). The maximum absolute atomic E-state index is 8.76. The quantitative estimate of drug-likeness (QED) is 0.729. The Labute approximate surface area is 89.7 Å². The lowest BCUT2D eigenvalue weighted by Gasteiger charge is -2.02. The van der Waals surface area contributed by atoms with Gasteiger partial charge in [0.15, 0.2) is 0 Å². The van der Waals surface area contributed by atoms with Gasteiger partial charge in [-0.2, -0.15) is 5.26 Å². The monoisotopic (exact) mass is 198 g/mol. The summed E-state index contributed by atoms with van der Waals surface area (Å²) < 4.78 is 2.13. The molecule has 1 aromatic heterocycles. The summed E-state index contributed by atoms with van der Waals surface area (Å²) in [6.45, 7) is 2.16. The molecule has 0 aliphatic rings. The van der Waals surface area contributed by atoms with Gasteiger partial charge in [0.1, 0.15) is 0 Å². The van der Waals surface area contributed by atoms with Gasteiger partial charge in [-0.05, 0) is 17.5 Å². The number of rotatable bonds is 2. The molecule has 2 nitrogen and oxygen atoms in total. The van der Waals surface area contributed by atoms with Gasteiger partial charge in [-0.1, -0.05) is 25.1 Å². The first-order valence-electron chi connectivity index (χ1n) is 5.20. The lowest BCUT2D eigenvalue weighted by molar-refractivity contribution is 0.948. The second-order valence-electron chi connectivity index (χ2n) is 3.77. The van der Waals surface area contributed by atoms with Crippen LogP contribution in [-0.2, 0) is 19.9 Å². The van der Waals surface area contributed by atoms with Crippen molar-refractivity contribution < 1.29 is 0 Å². The third kappa shape index (κ3) is 1.50. The molecule has 0 aliphatic carbocycles. The smallest absolute Gasteiger partial charge is 0.0670 e. The highest BCUT2D eigenvalue weighted by Gasteiger charge is 2.08. The molecular formula is C13H14N2. The lowest BCUT2D eigenvalue weighted by atomic mass is 10.1. The molecule has 15 heavy (non-hydrogen) atoms. The van der Waals surface area contributed by atoms with E-state index in [4.69, 9.17) is 5.26 Å². The van der Waals surface area contributed by atoms with Crippen LogP contribution in [0, 0.1) is 11.3 Å². The number of hydrogen-bond donors (Lipinski definition) is 0. The fourth-order valence-corrected chi connectivity index (χ4v) is 2.15. The number of hydrogen-bond acceptors (Lipinski definition) is 1. The molecule has 0 N–H and O–H groups in total. The maximum Gasteiger partial charge on any atom is 0.0670 e. The number of para-hydroxylation sites is 1. The van der Waals surface area contributed by atoms with E-state index in [0.717, 1.165) is 12.0 Å². The maximum atomic E-state index is 8.76. The second kappa shape index (κ2) is 3.78. The van der Waals surface area contributed by atoms with Crippen LogP contribution < -0.4 is 0 Å². The zero-order chi connectivity index (χ0) is 10.8. The normalized spacial score (nSPS) is 10.5. The highest BCUT2D eigenvalue weighted by Crippen LogP contribution is 2.24. The van der Waals surface area contributed by atoms with Crippen molar-refractivity contribution in [3.05, 3.63) is 35.5 Å². The fourth-order valence-electron chi connectivity index (χ4n) is 2.15. The van der Waals surface area contributed by atoms with E-state index < -0.39 is 0 Å². The van der Waals surface area contributed by atoms with Crippen LogP contribution in [0.25, 0.3) is 10.9 Å². The average Bonchev–Trinajstić information content (AvgIpc) is 2.57. The van der Waals surface area contributed by atoms with Crippen LogP contribution in [0.3, 0.4) is 0 Å². The summed E-state index contributed by atoms with van der Waals surface area (Å²) >= 11 is 0. The number of nitriles is 1. The van der Waals surface area contributed by atoms with Gasteiger partial charge in [0.2, 0.25) is 0 Å². The molecule has 0 bridgehead atoms. The molecule has 0 amide bonds. The van der Waals surface area contributed by atoms with Crippen LogP contribution in [-0.4, -0.2) is 4.57 Å². The first-order valence-corrected chi connectivity index (χ1v) is 5.20. The molecule has 0 fully saturated rings. The molecule has 0 saturated carbocycles. The summed E-state index contributed by atoms with van der Waals surface area (Å²) in [5, 5.41) is 9.98. The van der Waals surface area contributed by atoms with E-state index in [1.54, 1.807) is 0 Å². The van der Waals surface area contributed by atoms with Gasteiger partial charge in [0.25, 0.3) is 0 Å². The topological polar surface area (TPSA) is 28.7 Å². The van der Waals surface area contributed by atoms with Crippen LogP contribution in [0.4, 0.5) is 0 Å². The molecule has 2 heteroatoms. The number of nitrogens with zero attached hydrogens (tertiary/aromatic N) is 2. The molecule has 0 aliphatic heterocycles. The number of aryl methyl sites for hydroxylation is 2. The molecule has 1 aromatic carbocycles. The van der Waals surface area contributed by atoms with Crippen molar-refractivity contribution in [2.75, 3.05) is 0 Å². The van der Waals surface area contributed by atoms with E-state index in [0.29, 0.717) is 6.42 Å². The number of aromatic nitrogens is 1. The van der Waals surface area contributed by atoms with E-state index in [9.17, 15) is 0 Å². The standard InChI is InChI=1S/C13H14N2/c1-3-10-5-4-6-12-11(7-8-14)9-15(2)13(10)12/h4-6,9H,3,7H2,1-2H3. The Bertz CT molecular complexity index is 529. The molecule has 0 radical (unpaired) electrons. The van der Waals surface area contributed by atoms with Crippen LogP contribution in [0.2, 0.25) is 0 Å². The van der Waals surface area contributed by atoms with E-state index >= 15 is 0 Å². The molecular weight excluding hydrogens is 184 g/mol. The number of fused-ring (bicyclic) bond motifs is 1. The van der Waals surface area contributed by atoms with Gasteiger partial charge >= 0.3 is 0 Å². The molecule has 0 atom stereocenters. The van der Waals surface area contributed by atoms with E-state index in [1.165, 1.54) is 16.5 Å². The largest absolute Gasteiger partial charge is 0.350 e. The summed E-state index contributed by atoms with van der Waals surface area (Å²) in [7, 11) is 2.04. The van der Waals surface area contributed by atoms with Gasteiger partial charge in [0, 0.05) is 18.6 Å². The first-order chi connectivity index (χ1) is 7.27. The Kier molecular flexibility index (Phi) is 2.47. The Morgan fingerprint density at radius 3 is 2.80 bits per heavy atom. The van der Waals surface area contributed by atoms with E-state index in [2.05, 4.69) is 42.0 Å². The second-order valence-corrected chi connectivity index (χ2v) is 3.77. The van der Waals surface area contributed by atoms with Crippen molar-refractivity contribution in [3.8, 4) is 6.07 Å². The first kappa shape index (κ1) is 9.79. The Morgan fingerprint density at radius 2 is 2.13 bits per heavy atom. The predicted octanol–water partition coefficient (Wildman–Crippen LogP) is 2.81. The van der Waals surface area contributed by atoms with Crippen LogP contribution in [0.1, 0.15) is 18.1 Å². The summed E-state index contributed by atoms with van der Waals surface area (Å²) in [6, 6.07) is 8.53. The highest BCUT2D eigenvalue weighted by molar-refractivity contribution is 5.87.